The van der Waals surface area contributed by atoms with E-state index in [1.54, 1.807) is 12.1 Å². The van der Waals surface area contributed by atoms with Gasteiger partial charge in [0.25, 0.3) is 5.91 Å². The molecule has 98 valence electrons. The molecule has 0 saturated carbocycles. The molecule has 0 aliphatic heterocycles. The van der Waals surface area contributed by atoms with Gasteiger partial charge in [-0.2, -0.15) is 0 Å². The van der Waals surface area contributed by atoms with E-state index in [0.717, 1.165) is 12.8 Å². The second kappa shape index (κ2) is 5.31. The lowest BCUT2D eigenvalue weighted by molar-refractivity contribution is 0.0922. The van der Waals surface area contributed by atoms with Gasteiger partial charge in [0.15, 0.2) is 5.76 Å². The van der Waals surface area contributed by atoms with Gasteiger partial charge >= 0.3 is 0 Å². The summed E-state index contributed by atoms with van der Waals surface area (Å²) in [5.74, 6) is 0.668. The molecule has 3 nitrogen and oxygen atoms in total. The van der Waals surface area contributed by atoms with Crippen LogP contribution in [0.3, 0.4) is 0 Å². The molecule has 1 atom stereocenters. The molecular formula is C16H17NO2. The van der Waals surface area contributed by atoms with Gasteiger partial charge in [-0.15, -0.1) is 0 Å². The predicted octanol–water partition coefficient (Wildman–Crippen LogP) is 3.13. The third kappa shape index (κ3) is 2.55. The predicted molar refractivity (Wildman–Crippen MR) is 73.2 cm³/mol. The van der Waals surface area contributed by atoms with Crippen molar-refractivity contribution in [2.24, 2.45) is 0 Å². The highest BCUT2D eigenvalue weighted by Crippen LogP contribution is 2.30. The number of benzene rings is 1. The van der Waals surface area contributed by atoms with Crippen molar-refractivity contribution in [1.29, 1.82) is 0 Å². The highest BCUT2D eigenvalue weighted by molar-refractivity contribution is 5.91. The Morgan fingerprint density at radius 1 is 1.26 bits per heavy atom. The number of aryl methyl sites for hydroxylation is 1. The van der Waals surface area contributed by atoms with Crippen LogP contribution in [0.15, 0.2) is 47.1 Å². The summed E-state index contributed by atoms with van der Waals surface area (Å²) in [6.07, 6.45) is 5.00. The van der Waals surface area contributed by atoms with Crippen molar-refractivity contribution >= 4 is 5.91 Å². The van der Waals surface area contributed by atoms with E-state index >= 15 is 0 Å². The van der Waals surface area contributed by atoms with Gasteiger partial charge in [0.05, 0.1) is 6.26 Å². The molecule has 19 heavy (non-hydrogen) atoms. The van der Waals surface area contributed by atoms with E-state index < -0.39 is 0 Å². The zero-order valence-corrected chi connectivity index (χ0v) is 10.8. The molecule has 0 spiro atoms. The average molecular weight is 255 g/mol. The first-order valence-electron chi connectivity index (χ1n) is 6.74. The molecule has 2 aromatic rings. The van der Waals surface area contributed by atoms with Crippen LogP contribution in [0.2, 0.25) is 0 Å². The van der Waals surface area contributed by atoms with E-state index in [-0.39, 0.29) is 5.91 Å². The lowest BCUT2D eigenvalue weighted by atomic mass is 9.83. The molecule has 1 aromatic heterocycles. The van der Waals surface area contributed by atoms with Gasteiger partial charge in [-0.3, -0.25) is 4.79 Å². The summed E-state index contributed by atoms with van der Waals surface area (Å²) in [5, 5.41) is 2.96. The molecule has 3 rings (SSSR count). The number of furan rings is 1. The van der Waals surface area contributed by atoms with Crippen LogP contribution in [0.25, 0.3) is 0 Å². The number of hydrogen-bond donors (Lipinski definition) is 1. The Hall–Kier alpha value is -2.03. The Morgan fingerprint density at radius 2 is 2.16 bits per heavy atom. The summed E-state index contributed by atoms with van der Waals surface area (Å²) >= 11 is 0. The first-order valence-corrected chi connectivity index (χ1v) is 6.74. The van der Waals surface area contributed by atoms with Crippen LogP contribution in [0, 0.1) is 0 Å². The molecular weight excluding hydrogens is 238 g/mol. The number of rotatable bonds is 3. The van der Waals surface area contributed by atoms with E-state index in [1.165, 1.54) is 23.8 Å². The van der Waals surface area contributed by atoms with Crippen LogP contribution in [-0.4, -0.2) is 12.5 Å². The van der Waals surface area contributed by atoms with Crippen LogP contribution in [0.1, 0.15) is 40.4 Å². The zero-order valence-electron chi connectivity index (χ0n) is 10.8. The second-order valence-electron chi connectivity index (χ2n) is 4.98. The molecule has 1 amide bonds. The van der Waals surface area contributed by atoms with Crippen LogP contribution >= 0.6 is 0 Å². The van der Waals surface area contributed by atoms with E-state index in [2.05, 4.69) is 29.6 Å². The summed E-state index contributed by atoms with van der Waals surface area (Å²) in [7, 11) is 0. The fourth-order valence-electron chi connectivity index (χ4n) is 2.78. The molecule has 1 aliphatic rings. The minimum Gasteiger partial charge on any atom is -0.459 e. The lowest BCUT2D eigenvalue weighted by Crippen LogP contribution is -2.29. The summed E-state index contributed by atoms with van der Waals surface area (Å²) in [6, 6.07) is 11.9. The molecule has 1 N–H and O–H groups in total. The molecule has 0 bridgehead atoms. The topological polar surface area (TPSA) is 42.2 Å². The fourth-order valence-corrected chi connectivity index (χ4v) is 2.78. The lowest BCUT2D eigenvalue weighted by Gasteiger charge is -2.25. The molecule has 3 heteroatoms. The van der Waals surface area contributed by atoms with Crippen LogP contribution in [0.4, 0.5) is 0 Å². The summed E-state index contributed by atoms with van der Waals surface area (Å²) < 4.78 is 5.09. The van der Waals surface area contributed by atoms with Gasteiger partial charge in [0, 0.05) is 12.5 Å². The maximum Gasteiger partial charge on any atom is 0.286 e. The van der Waals surface area contributed by atoms with Gasteiger partial charge in [-0.1, -0.05) is 24.3 Å². The largest absolute Gasteiger partial charge is 0.459 e. The van der Waals surface area contributed by atoms with E-state index in [4.69, 9.17) is 4.42 Å². The van der Waals surface area contributed by atoms with Gasteiger partial charge in [0.1, 0.15) is 0 Å². The first-order chi connectivity index (χ1) is 9.34. The number of hydrogen-bond acceptors (Lipinski definition) is 2. The van der Waals surface area contributed by atoms with Crippen molar-refractivity contribution in [3.05, 3.63) is 59.5 Å². The Bertz CT molecular complexity index is 560. The quantitative estimate of drug-likeness (QED) is 0.915. The first kappa shape index (κ1) is 12.0. The van der Waals surface area contributed by atoms with Crippen LogP contribution < -0.4 is 5.32 Å². The Kier molecular flexibility index (Phi) is 3.36. The normalized spacial score (nSPS) is 17.8. The fraction of sp³-hybridized carbons (Fsp3) is 0.312. The van der Waals surface area contributed by atoms with Gasteiger partial charge in [-0.25, -0.2) is 0 Å². The maximum atomic E-state index is 11.9. The molecule has 1 heterocycles. The summed E-state index contributed by atoms with van der Waals surface area (Å²) in [6.45, 7) is 0.677. The standard InChI is InChI=1S/C16H17NO2/c18-16(15-9-4-10-19-15)17-11-13-7-3-6-12-5-1-2-8-14(12)13/h1-2,4-5,8-10,13H,3,6-7,11H2,(H,17,18)/t13-/m1/s1. The van der Waals surface area contributed by atoms with Crippen molar-refractivity contribution in [2.75, 3.05) is 6.54 Å². The SMILES string of the molecule is O=C(NC[C@H]1CCCc2ccccc21)c1ccco1. The summed E-state index contributed by atoms with van der Waals surface area (Å²) in [5.41, 5.74) is 2.81. The minimum atomic E-state index is -0.131. The van der Waals surface area contributed by atoms with Gasteiger partial charge < -0.3 is 9.73 Å². The third-order valence-electron chi connectivity index (χ3n) is 3.75. The minimum absolute atomic E-state index is 0.131. The molecule has 1 aromatic carbocycles. The van der Waals surface area contributed by atoms with Crippen LogP contribution in [-0.2, 0) is 6.42 Å². The zero-order chi connectivity index (χ0) is 13.1. The number of fused-ring (bicyclic) bond motifs is 1. The highest BCUT2D eigenvalue weighted by atomic mass is 16.3. The van der Waals surface area contributed by atoms with Crippen molar-refractivity contribution in [3.8, 4) is 0 Å². The van der Waals surface area contributed by atoms with Crippen molar-refractivity contribution < 1.29 is 9.21 Å². The third-order valence-corrected chi connectivity index (χ3v) is 3.75. The molecule has 0 saturated heterocycles. The van der Waals surface area contributed by atoms with Crippen molar-refractivity contribution in [1.82, 2.24) is 5.32 Å². The Labute approximate surface area is 112 Å². The van der Waals surface area contributed by atoms with Crippen LogP contribution in [0.5, 0.6) is 0 Å². The molecule has 0 radical (unpaired) electrons. The van der Waals surface area contributed by atoms with Gasteiger partial charge in [-0.05, 0) is 42.5 Å². The Balaban J connectivity index is 1.67. The number of nitrogens with one attached hydrogen (secondary N) is 1. The highest BCUT2D eigenvalue weighted by Gasteiger charge is 2.20. The van der Waals surface area contributed by atoms with Gasteiger partial charge in [0.2, 0.25) is 0 Å². The number of amides is 1. The van der Waals surface area contributed by atoms with Crippen molar-refractivity contribution in [2.45, 2.75) is 25.2 Å². The average Bonchev–Trinajstić information content (AvgIpc) is 2.99. The number of carbonyl (C=O) groups excluding carboxylic acids is 1. The Morgan fingerprint density at radius 3 is 3.00 bits per heavy atom. The maximum absolute atomic E-state index is 11.9. The molecule has 0 unspecified atom stereocenters. The smallest absolute Gasteiger partial charge is 0.286 e. The van der Waals surface area contributed by atoms with Crippen molar-refractivity contribution in [3.63, 3.8) is 0 Å². The second-order valence-corrected chi connectivity index (χ2v) is 4.98. The summed E-state index contributed by atoms with van der Waals surface area (Å²) in [4.78, 5) is 11.9. The molecule has 0 fully saturated rings. The molecule has 1 aliphatic carbocycles. The monoisotopic (exact) mass is 255 g/mol. The van der Waals surface area contributed by atoms with E-state index in [0.29, 0.717) is 18.2 Å². The van der Waals surface area contributed by atoms with E-state index in [1.807, 2.05) is 0 Å². The van der Waals surface area contributed by atoms with E-state index in [9.17, 15) is 4.79 Å². The number of carbonyl (C=O) groups is 1.